The van der Waals surface area contributed by atoms with Gasteiger partial charge in [0.2, 0.25) is 0 Å². The van der Waals surface area contributed by atoms with Crippen LogP contribution < -0.4 is 5.73 Å². The first kappa shape index (κ1) is 10.9. The van der Waals surface area contributed by atoms with E-state index in [0.717, 1.165) is 16.9 Å². The molecular weight excluding hydrogens is 206 g/mol. The highest BCUT2D eigenvalue weighted by Gasteiger charge is 2.11. The summed E-state index contributed by atoms with van der Waals surface area (Å²) in [4.78, 5) is 7.45. The minimum absolute atomic E-state index is 0.172. The third-order valence-corrected chi connectivity index (χ3v) is 2.47. The zero-order valence-corrected chi connectivity index (χ0v) is 9.10. The Kier molecular flexibility index (Phi) is 3.07. The molecule has 1 atom stereocenters. The van der Waals surface area contributed by atoms with Gasteiger partial charge in [-0.3, -0.25) is 0 Å². The van der Waals surface area contributed by atoms with Crippen LogP contribution in [0, 0.1) is 0 Å². The first-order chi connectivity index (χ1) is 7.70. The molecule has 4 N–H and O–H groups in total. The Balaban J connectivity index is 2.25. The largest absolute Gasteiger partial charge is 0.508 e. The van der Waals surface area contributed by atoms with Gasteiger partial charge in [-0.25, -0.2) is 4.98 Å². The normalized spacial score (nSPS) is 13.1. The molecule has 0 saturated carbocycles. The minimum Gasteiger partial charge on any atom is -0.508 e. The predicted molar refractivity (Wildman–Crippen MR) is 61.2 cm³/mol. The van der Waals surface area contributed by atoms with Crippen LogP contribution >= 0.6 is 0 Å². The van der Waals surface area contributed by atoms with Gasteiger partial charge in [0.1, 0.15) is 11.6 Å². The Bertz CT molecular complexity index is 481. The molecule has 0 radical (unpaired) electrons. The highest BCUT2D eigenvalue weighted by Crippen LogP contribution is 2.20. The molecule has 2 aromatic rings. The molecule has 86 valence electrons. The summed E-state index contributed by atoms with van der Waals surface area (Å²) in [6, 6.07) is 4.82. The van der Waals surface area contributed by atoms with Gasteiger partial charge in [-0.2, -0.15) is 0 Å². The molecule has 0 bridgehead atoms. The average Bonchev–Trinajstić information content (AvgIpc) is 2.68. The van der Waals surface area contributed by atoms with Crippen molar-refractivity contribution < 1.29 is 9.84 Å². The van der Waals surface area contributed by atoms with E-state index in [-0.39, 0.29) is 11.8 Å². The van der Waals surface area contributed by atoms with Crippen molar-refractivity contribution in [1.29, 1.82) is 0 Å². The van der Waals surface area contributed by atoms with Crippen molar-refractivity contribution in [3.8, 4) is 5.75 Å². The molecule has 0 aliphatic heterocycles. The molecule has 0 spiro atoms. The number of phenols is 1. The number of benzene rings is 1. The van der Waals surface area contributed by atoms with Crippen LogP contribution in [-0.4, -0.2) is 28.8 Å². The Morgan fingerprint density at radius 3 is 3.12 bits per heavy atom. The van der Waals surface area contributed by atoms with Crippen LogP contribution in [0.1, 0.15) is 18.3 Å². The Hall–Kier alpha value is -1.59. The number of nitrogens with one attached hydrogen (secondary N) is 1. The summed E-state index contributed by atoms with van der Waals surface area (Å²) in [5, 5.41) is 9.32. The van der Waals surface area contributed by atoms with Crippen LogP contribution in [0.2, 0.25) is 0 Å². The molecule has 1 aromatic carbocycles. The molecule has 1 heterocycles. The number of aromatic nitrogens is 2. The number of hydrogen-bond donors (Lipinski definition) is 3. The molecule has 5 heteroatoms. The molecule has 5 nitrogen and oxygen atoms in total. The number of H-pyrrole nitrogens is 1. The second-order valence-corrected chi connectivity index (χ2v) is 3.71. The van der Waals surface area contributed by atoms with Gasteiger partial charge in [-0.1, -0.05) is 0 Å². The number of phenolic OH excluding ortho intramolecular Hbond substituents is 1. The third kappa shape index (κ3) is 2.15. The zero-order valence-electron chi connectivity index (χ0n) is 9.10. The molecular formula is C11H15N3O2. The van der Waals surface area contributed by atoms with E-state index >= 15 is 0 Å². The van der Waals surface area contributed by atoms with E-state index in [0.29, 0.717) is 13.0 Å². The van der Waals surface area contributed by atoms with Gasteiger partial charge < -0.3 is 20.6 Å². The summed E-state index contributed by atoms with van der Waals surface area (Å²) in [6.45, 7) is 0.601. The summed E-state index contributed by atoms with van der Waals surface area (Å²) in [7, 11) is 1.64. The maximum atomic E-state index is 9.32. The van der Waals surface area contributed by atoms with Gasteiger partial charge in [-0.05, 0) is 18.6 Å². The number of imidazole rings is 1. The minimum atomic E-state index is -0.172. The van der Waals surface area contributed by atoms with Crippen molar-refractivity contribution in [2.75, 3.05) is 13.7 Å². The monoisotopic (exact) mass is 221 g/mol. The van der Waals surface area contributed by atoms with E-state index in [9.17, 15) is 5.11 Å². The Morgan fingerprint density at radius 1 is 1.56 bits per heavy atom. The number of methoxy groups -OCH3 is 1. The molecule has 16 heavy (non-hydrogen) atoms. The average molecular weight is 221 g/mol. The third-order valence-electron chi connectivity index (χ3n) is 2.47. The molecule has 1 unspecified atom stereocenters. The second kappa shape index (κ2) is 4.51. The lowest BCUT2D eigenvalue weighted by Gasteiger charge is -2.06. The van der Waals surface area contributed by atoms with Crippen molar-refractivity contribution in [1.82, 2.24) is 9.97 Å². The van der Waals surface area contributed by atoms with E-state index in [4.69, 9.17) is 10.5 Å². The highest BCUT2D eigenvalue weighted by molar-refractivity contribution is 5.76. The number of ether oxygens (including phenoxy) is 1. The molecule has 0 fully saturated rings. The number of aromatic amines is 1. The van der Waals surface area contributed by atoms with Gasteiger partial charge in [0, 0.05) is 19.8 Å². The molecule has 0 aliphatic carbocycles. The van der Waals surface area contributed by atoms with Crippen molar-refractivity contribution in [2.45, 2.75) is 12.5 Å². The van der Waals surface area contributed by atoms with Gasteiger partial charge in [0.25, 0.3) is 0 Å². The maximum absolute atomic E-state index is 9.32. The smallest absolute Gasteiger partial charge is 0.124 e. The quantitative estimate of drug-likeness (QED) is 0.726. The second-order valence-electron chi connectivity index (χ2n) is 3.71. The zero-order chi connectivity index (χ0) is 11.5. The fourth-order valence-electron chi connectivity index (χ4n) is 1.57. The number of hydrogen-bond acceptors (Lipinski definition) is 4. The van der Waals surface area contributed by atoms with Gasteiger partial charge in [0.05, 0.1) is 17.1 Å². The van der Waals surface area contributed by atoms with Gasteiger partial charge in [-0.15, -0.1) is 0 Å². The van der Waals surface area contributed by atoms with Crippen molar-refractivity contribution >= 4 is 11.0 Å². The summed E-state index contributed by atoms with van der Waals surface area (Å²) in [5.74, 6) is 0.936. The summed E-state index contributed by atoms with van der Waals surface area (Å²) < 4.78 is 4.97. The maximum Gasteiger partial charge on any atom is 0.124 e. The van der Waals surface area contributed by atoms with Crippen LogP contribution in [0.5, 0.6) is 5.75 Å². The van der Waals surface area contributed by atoms with Crippen molar-refractivity contribution in [2.24, 2.45) is 5.73 Å². The summed E-state index contributed by atoms with van der Waals surface area (Å²) in [6.07, 6.45) is 0.711. The Morgan fingerprint density at radius 2 is 2.38 bits per heavy atom. The summed E-state index contributed by atoms with van der Waals surface area (Å²) >= 11 is 0. The van der Waals surface area contributed by atoms with Crippen LogP contribution in [0.25, 0.3) is 11.0 Å². The van der Waals surface area contributed by atoms with Crippen molar-refractivity contribution in [3.63, 3.8) is 0 Å². The number of nitrogens with two attached hydrogens (primary N) is 1. The topological polar surface area (TPSA) is 84.2 Å². The predicted octanol–water partition coefficient (Wildman–Crippen LogP) is 1.30. The number of rotatable bonds is 4. The van der Waals surface area contributed by atoms with Crippen LogP contribution in [0.4, 0.5) is 0 Å². The number of nitrogens with zero attached hydrogens (tertiary/aromatic N) is 1. The standard InChI is InChI=1S/C11H15N3O2/c1-16-5-4-8(12)11-13-9-3-2-7(15)6-10(9)14-11/h2-3,6,8,15H,4-5,12H2,1H3,(H,13,14). The van der Waals surface area contributed by atoms with Crippen LogP contribution in [0.3, 0.4) is 0 Å². The van der Waals surface area contributed by atoms with E-state index in [2.05, 4.69) is 9.97 Å². The molecule has 2 rings (SSSR count). The van der Waals surface area contributed by atoms with E-state index in [1.165, 1.54) is 0 Å². The Labute approximate surface area is 93.2 Å². The van der Waals surface area contributed by atoms with E-state index in [1.807, 2.05) is 0 Å². The molecule has 0 aliphatic rings. The number of aromatic hydroxyl groups is 1. The molecule has 0 amide bonds. The van der Waals surface area contributed by atoms with Crippen LogP contribution in [-0.2, 0) is 4.74 Å². The molecule has 1 aromatic heterocycles. The van der Waals surface area contributed by atoms with Gasteiger partial charge >= 0.3 is 0 Å². The van der Waals surface area contributed by atoms with Crippen molar-refractivity contribution in [3.05, 3.63) is 24.0 Å². The van der Waals surface area contributed by atoms with Gasteiger partial charge in [0.15, 0.2) is 0 Å². The molecule has 0 saturated heterocycles. The lowest BCUT2D eigenvalue weighted by Crippen LogP contribution is -2.14. The highest BCUT2D eigenvalue weighted by atomic mass is 16.5. The summed E-state index contributed by atoms with van der Waals surface area (Å²) in [5.41, 5.74) is 7.55. The first-order valence-electron chi connectivity index (χ1n) is 5.14. The fraction of sp³-hybridized carbons (Fsp3) is 0.364. The fourth-order valence-corrected chi connectivity index (χ4v) is 1.57. The number of fused-ring (bicyclic) bond motifs is 1. The van der Waals surface area contributed by atoms with E-state index in [1.54, 1.807) is 25.3 Å². The lowest BCUT2D eigenvalue weighted by atomic mass is 10.2. The van der Waals surface area contributed by atoms with E-state index < -0.39 is 0 Å². The van der Waals surface area contributed by atoms with Crippen LogP contribution in [0.15, 0.2) is 18.2 Å². The first-order valence-corrected chi connectivity index (χ1v) is 5.14. The SMILES string of the molecule is COCCC(N)c1nc2ccc(O)cc2[nH]1. The lowest BCUT2D eigenvalue weighted by molar-refractivity contribution is 0.187.